The molecular weight excluding hydrogens is 468 g/mol. The van der Waals surface area contributed by atoms with Gasteiger partial charge in [0, 0.05) is 12.8 Å². The summed E-state index contributed by atoms with van der Waals surface area (Å²) in [5, 5.41) is 26.0. The van der Waals surface area contributed by atoms with Gasteiger partial charge in [-0.05, 0) is 18.1 Å². The summed E-state index contributed by atoms with van der Waals surface area (Å²) in [6, 6.07) is 12.4. The molecule has 0 radical (unpaired) electrons. The van der Waals surface area contributed by atoms with Crippen molar-refractivity contribution < 1.29 is 34.2 Å². The highest BCUT2D eigenvalue weighted by Crippen LogP contribution is 2.08. The molecular formula is C25H30N4O7. The van der Waals surface area contributed by atoms with E-state index in [1.807, 2.05) is 0 Å². The summed E-state index contributed by atoms with van der Waals surface area (Å²) < 4.78 is 0. The van der Waals surface area contributed by atoms with Gasteiger partial charge in [-0.15, -0.1) is 0 Å². The highest BCUT2D eigenvalue weighted by atomic mass is 16.4. The maximum atomic E-state index is 13.2. The van der Waals surface area contributed by atoms with Gasteiger partial charge in [-0.2, -0.15) is 0 Å². The molecule has 36 heavy (non-hydrogen) atoms. The van der Waals surface area contributed by atoms with Crippen molar-refractivity contribution in [3.05, 3.63) is 71.8 Å². The first kappa shape index (κ1) is 28.0. The summed E-state index contributed by atoms with van der Waals surface area (Å²) in [6.45, 7) is 1.37. The standard InChI is InChI=1S/C25H30N4O7/c1-15(26)22(32)27-19(14-21(30)31)24(34)28-18(12-16-8-4-2-5-9-16)23(33)29-20(25(35)36)13-17-10-6-3-7-11-17/h2-11,15,18-20H,12-14,26H2,1H3,(H,27,32)(H,28,34)(H,29,33)(H,30,31)(H,35,36). The van der Waals surface area contributed by atoms with Crippen LogP contribution in [0.2, 0.25) is 0 Å². The molecule has 0 heterocycles. The highest BCUT2D eigenvalue weighted by molar-refractivity contribution is 5.95. The molecule has 0 saturated heterocycles. The van der Waals surface area contributed by atoms with Crippen LogP contribution in [0.4, 0.5) is 0 Å². The Kier molecular flexibility index (Phi) is 10.6. The van der Waals surface area contributed by atoms with E-state index in [9.17, 15) is 34.2 Å². The Morgan fingerprint density at radius 2 is 1.11 bits per heavy atom. The summed E-state index contributed by atoms with van der Waals surface area (Å²) in [5.41, 5.74) is 6.86. The zero-order chi connectivity index (χ0) is 26.7. The van der Waals surface area contributed by atoms with Crippen molar-refractivity contribution in [1.82, 2.24) is 16.0 Å². The number of carboxylic acids is 2. The number of carbonyl (C=O) groups is 5. The zero-order valence-electron chi connectivity index (χ0n) is 19.7. The van der Waals surface area contributed by atoms with Gasteiger partial charge < -0.3 is 31.9 Å². The van der Waals surface area contributed by atoms with Crippen LogP contribution in [0.15, 0.2) is 60.7 Å². The van der Waals surface area contributed by atoms with Gasteiger partial charge in [0.15, 0.2) is 0 Å². The van der Waals surface area contributed by atoms with Gasteiger partial charge in [0.2, 0.25) is 17.7 Å². The number of amides is 3. The molecule has 0 aromatic heterocycles. The third kappa shape index (κ3) is 9.18. The molecule has 7 N–H and O–H groups in total. The third-order valence-corrected chi connectivity index (χ3v) is 5.24. The van der Waals surface area contributed by atoms with Crippen LogP contribution >= 0.6 is 0 Å². The van der Waals surface area contributed by atoms with Gasteiger partial charge in [-0.25, -0.2) is 4.79 Å². The van der Waals surface area contributed by atoms with Crippen molar-refractivity contribution in [1.29, 1.82) is 0 Å². The maximum Gasteiger partial charge on any atom is 0.326 e. The van der Waals surface area contributed by atoms with E-state index in [2.05, 4.69) is 16.0 Å². The van der Waals surface area contributed by atoms with Gasteiger partial charge in [0.25, 0.3) is 0 Å². The van der Waals surface area contributed by atoms with E-state index in [0.717, 1.165) is 0 Å². The fourth-order valence-corrected chi connectivity index (χ4v) is 3.34. The first-order chi connectivity index (χ1) is 17.1. The predicted molar refractivity (Wildman–Crippen MR) is 130 cm³/mol. The Hall–Kier alpha value is -4.25. The van der Waals surface area contributed by atoms with E-state index >= 15 is 0 Å². The van der Waals surface area contributed by atoms with Crippen molar-refractivity contribution in [2.45, 2.75) is 50.4 Å². The Morgan fingerprint density at radius 3 is 1.56 bits per heavy atom. The Bertz CT molecular complexity index is 1060. The molecule has 2 aromatic rings. The van der Waals surface area contributed by atoms with Crippen LogP contribution in [0, 0.1) is 0 Å². The highest BCUT2D eigenvalue weighted by Gasteiger charge is 2.31. The summed E-state index contributed by atoms with van der Waals surface area (Å²) in [6.07, 6.45) is -0.729. The quantitative estimate of drug-likeness (QED) is 0.219. The van der Waals surface area contributed by atoms with Gasteiger partial charge in [-0.1, -0.05) is 60.7 Å². The molecule has 0 bridgehead atoms. The molecule has 2 rings (SSSR count). The summed E-state index contributed by atoms with van der Waals surface area (Å²) in [7, 11) is 0. The number of nitrogens with two attached hydrogens (primary N) is 1. The van der Waals surface area contributed by atoms with Crippen LogP contribution in [-0.2, 0) is 36.8 Å². The average molecular weight is 499 g/mol. The molecule has 11 heteroatoms. The zero-order valence-corrected chi connectivity index (χ0v) is 19.7. The van der Waals surface area contributed by atoms with Crippen molar-refractivity contribution in [3.63, 3.8) is 0 Å². The SMILES string of the molecule is CC(N)C(=O)NC(CC(=O)O)C(=O)NC(Cc1ccccc1)C(=O)NC(Cc1ccccc1)C(=O)O. The van der Waals surface area contributed by atoms with Gasteiger partial charge in [-0.3, -0.25) is 19.2 Å². The average Bonchev–Trinajstić information content (AvgIpc) is 2.83. The summed E-state index contributed by atoms with van der Waals surface area (Å²) >= 11 is 0. The fourth-order valence-electron chi connectivity index (χ4n) is 3.34. The van der Waals surface area contributed by atoms with E-state index in [1.54, 1.807) is 60.7 Å². The normalized spacial score (nSPS) is 13.9. The lowest BCUT2D eigenvalue weighted by atomic mass is 10.0. The second-order valence-corrected chi connectivity index (χ2v) is 8.29. The molecule has 4 unspecified atom stereocenters. The lowest BCUT2D eigenvalue weighted by Gasteiger charge is -2.24. The van der Waals surface area contributed by atoms with E-state index in [4.69, 9.17) is 5.73 Å². The molecule has 2 aromatic carbocycles. The molecule has 3 amide bonds. The molecule has 11 nitrogen and oxygen atoms in total. The molecule has 0 aliphatic heterocycles. The van der Waals surface area contributed by atoms with Crippen LogP contribution < -0.4 is 21.7 Å². The molecule has 0 fully saturated rings. The Morgan fingerprint density at radius 1 is 0.694 bits per heavy atom. The molecule has 0 spiro atoms. The third-order valence-electron chi connectivity index (χ3n) is 5.24. The fraction of sp³-hybridized carbons (Fsp3) is 0.320. The number of carboxylic acid groups (broad SMARTS) is 2. The van der Waals surface area contributed by atoms with Crippen LogP contribution in [0.1, 0.15) is 24.5 Å². The van der Waals surface area contributed by atoms with Gasteiger partial charge in [0.1, 0.15) is 18.1 Å². The number of nitrogens with one attached hydrogen (secondary N) is 3. The number of aliphatic carboxylic acids is 2. The Labute approximate surface area is 208 Å². The number of carbonyl (C=O) groups excluding carboxylic acids is 3. The van der Waals surface area contributed by atoms with E-state index in [1.165, 1.54) is 6.92 Å². The van der Waals surface area contributed by atoms with E-state index in [0.29, 0.717) is 11.1 Å². The minimum absolute atomic E-state index is 0.00286. The van der Waals surface area contributed by atoms with Crippen molar-refractivity contribution >= 4 is 29.7 Å². The number of rotatable bonds is 13. The summed E-state index contributed by atoms with van der Waals surface area (Å²) in [5.74, 6) is -5.04. The second-order valence-electron chi connectivity index (χ2n) is 8.29. The van der Waals surface area contributed by atoms with E-state index in [-0.39, 0.29) is 12.8 Å². The van der Waals surface area contributed by atoms with E-state index < -0.39 is 60.2 Å². The molecule has 4 atom stereocenters. The first-order valence-electron chi connectivity index (χ1n) is 11.3. The van der Waals surface area contributed by atoms with Crippen LogP contribution in [0.5, 0.6) is 0 Å². The molecule has 0 saturated carbocycles. The minimum Gasteiger partial charge on any atom is -0.481 e. The maximum absolute atomic E-state index is 13.2. The van der Waals surface area contributed by atoms with Crippen molar-refractivity contribution in [2.24, 2.45) is 5.73 Å². The van der Waals surface area contributed by atoms with Gasteiger partial charge in [0.05, 0.1) is 12.5 Å². The number of hydrogen-bond donors (Lipinski definition) is 6. The minimum atomic E-state index is -1.49. The topological polar surface area (TPSA) is 188 Å². The molecule has 0 aliphatic rings. The molecule has 0 aliphatic carbocycles. The number of hydrogen-bond acceptors (Lipinski definition) is 6. The predicted octanol–water partition coefficient (Wildman–Crippen LogP) is -0.167. The monoisotopic (exact) mass is 498 g/mol. The smallest absolute Gasteiger partial charge is 0.326 e. The van der Waals surface area contributed by atoms with Gasteiger partial charge >= 0.3 is 11.9 Å². The van der Waals surface area contributed by atoms with Crippen molar-refractivity contribution in [3.8, 4) is 0 Å². The number of benzene rings is 2. The summed E-state index contributed by atoms with van der Waals surface area (Å²) in [4.78, 5) is 61.2. The molecule has 192 valence electrons. The lowest BCUT2D eigenvalue weighted by molar-refractivity contribution is -0.143. The van der Waals surface area contributed by atoms with Crippen LogP contribution in [-0.4, -0.2) is 64.0 Å². The largest absolute Gasteiger partial charge is 0.481 e. The lowest BCUT2D eigenvalue weighted by Crippen LogP contribution is -2.58. The first-order valence-corrected chi connectivity index (χ1v) is 11.3. The van der Waals surface area contributed by atoms with Crippen LogP contribution in [0.25, 0.3) is 0 Å². The second kappa shape index (κ2) is 13.6. The Balaban J connectivity index is 2.24. The van der Waals surface area contributed by atoms with Crippen molar-refractivity contribution in [2.75, 3.05) is 0 Å². The van der Waals surface area contributed by atoms with Crippen LogP contribution in [0.3, 0.4) is 0 Å².